The van der Waals surface area contributed by atoms with Gasteiger partial charge in [-0.2, -0.15) is 13.2 Å². The van der Waals surface area contributed by atoms with Gasteiger partial charge >= 0.3 is 6.18 Å². The van der Waals surface area contributed by atoms with Crippen LogP contribution in [-0.2, 0) is 6.18 Å². The van der Waals surface area contributed by atoms with Crippen molar-refractivity contribution in [2.24, 2.45) is 0 Å². The van der Waals surface area contributed by atoms with E-state index >= 15 is 0 Å². The van der Waals surface area contributed by atoms with Crippen LogP contribution in [0.4, 0.5) is 24.5 Å². The highest BCUT2D eigenvalue weighted by Crippen LogP contribution is 2.40. The molecule has 0 heterocycles. The largest absolute Gasteiger partial charge is 0.417 e. The molecule has 94 valence electrons. The van der Waals surface area contributed by atoms with E-state index in [0.717, 1.165) is 6.07 Å². The van der Waals surface area contributed by atoms with Crippen molar-refractivity contribution in [1.82, 2.24) is 0 Å². The van der Waals surface area contributed by atoms with Crippen LogP contribution in [0.25, 0.3) is 11.1 Å². The first-order valence-electron chi connectivity index (χ1n) is 5.21. The van der Waals surface area contributed by atoms with Gasteiger partial charge in [-0.05, 0) is 29.8 Å². The molecule has 0 fully saturated rings. The Hall–Kier alpha value is -2.17. The summed E-state index contributed by atoms with van der Waals surface area (Å²) in [7, 11) is 0. The molecule has 0 saturated carbocycles. The highest BCUT2D eigenvalue weighted by atomic mass is 19.4. The smallest absolute Gasteiger partial charge is 0.399 e. The zero-order valence-corrected chi connectivity index (χ0v) is 9.33. The van der Waals surface area contributed by atoms with Gasteiger partial charge in [-0.25, -0.2) is 0 Å². The van der Waals surface area contributed by atoms with Gasteiger partial charge in [0.25, 0.3) is 0 Å². The van der Waals surface area contributed by atoms with Crippen LogP contribution in [0, 0.1) is 0 Å². The second kappa shape index (κ2) is 4.25. The molecule has 0 aliphatic rings. The maximum absolute atomic E-state index is 12.9. The molecule has 18 heavy (non-hydrogen) atoms. The Kier molecular flexibility index (Phi) is 2.90. The minimum Gasteiger partial charge on any atom is -0.399 e. The Bertz CT molecular complexity index is 559. The number of halogens is 3. The molecule has 0 aliphatic heterocycles. The maximum atomic E-state index is 12.9. The lowest BCUT2D eigenvalue weighted by Crippen LogP contribution is -2.08. The predicted molar refractivity (Wildman–Crippen MR) is 65.7 cm³/mol. The van der Waals surface area contributed by atoms with Crippen molar-refractivity contribution in [3.63, 3.8) is 0 Å². The van der Waals surface area contributed by atoms with E-state index in [1.165, 1.54) is 24.3 Å². The van der Waals surface area contributed by atoms with Gasteiger partial charge in [0.2, 0.25) is 0 Å². The quantitative estimate of drug-likeness (QED) is 0.763. The Morgan fingerprint density at radius 2 is 1.44 bits per heavy atom. The summed E-state index contributed by atoms with van der Waals surface area (Å²) in [6.45, 7) is 0. The van der Waals surface area contributed by atoms with Crippen molar-refractivity contribution in [3.8, 4) is 11.1 Å². The third-order valence-electron chi connectivity index (χ3n) is 2.60. The highest BCUT2D eigenvalue weighted by Gasteiger charge is 2.34. The Labute approximate surface area is 102 Å². The minimum absolute atomic E-state index is 0.00926. The second-order valence-corrected chi connectivity index (χ2v) is 3.89. The van der Waals surface area contributed by atoms with Crippen LogP contribution in [-0.4, -0.2) is 0 Å². The molecular weight excluding hydrogens is 241 g/mol. The van der Waals surface area contributed by atoms with E-state index < -0.39 is 11.7 Å². The van der Waals surface area contributed by atoms with Crippen LogP contribution in [0.15, 0.2) is 42.5 Å². The molecule has 0 spiro atoms. The molecule has 4 N–H and O–H groups in total. The van der Waals surface area contributed by atoms with Gasteiger partial charge < -0.3 is 11.5 Å². The standard InChI is InChI=1S/C13H11F3N2/c14-13(15,16)10-2-1-3-11(18)12(10)8-4-6-9(17)7-5-8/h1-7H,17-18H2. The molecule has 0 atom stereocenters. The molecule has 0 unspecified atom stereocenters. The van der Waals surface area contributed by atoms with Crippen LogP contribution >= 0.6 is 0 Å². The molecule has 0 aliphatic carbocycles. The number of hydrogen-bond donors (Lipinski definition) is 2. The zero-order chi connectivity index (χ0) is 13.3. The van der Waals surface area contributed by atoms with Gasteiger partial charge in [0.15, 0.2) is 0 Å². The van der Waals surface area contributed by atoms with Gasteiger partial charge in [-0.3, -0.25) is 0 Å². The van der Waals surface area contributed by atoms with Crippen molar-refractivity contribution >= 4 is 11.4 Å². The summed E-state index contributed by atoms with van der Waals surface area (Å²) < 4.78 is 38.7. The van der Waals surface area contributed by atoms with Crippen LogP contribution in [0.2, 0.25) is 0 Å². The Morgan fingerprint density at radius 3 is 2.00 bits per heavy atom. The second-order valence-electron chi connectivity index (χ2n) is 3.89. The van der Waals surface area contributed by atoms with E-state index in [4.69, 9.17) is 11.5 Å². The molecule has 0 saturated heterocycles. The average molecular weight is 252 g/mol. The summed E-state index contributed by atoms with van der Waals surface area (Å²) in [5.41, 5.74) is 11.4. The van der Waals surface area contributed by atoms with E-state index in [0.29, 0.717) is 11.3 Å². The molecule has 2 rings (SSSR count). The number of benzene rings is 2. The molecule has 2 aromatic carbocycles. The number of rotatable bonds is 1. The van der Waals surface area contributed by atoms with E-state index in [1.54, 1.807) is 12.1 Å². The van der Waals surface area contributed by atoms with Crippen molar-refractivity contribution in [2.45, 2.75) is 6.18 Å². The lowest BCUT2D eigenvalue weighted by Gasteiger charge is -2.15. The van der Waals surface area contributed by atoms with Crippen LogP contribution in [0.3, 0.4) is 0 Å². The number of nitrogens with two attached hydrogens (primary N) is 2. The summed E-state index contributed by atoms with van der Waals surface area (Å²) in [6, 6.07) is 9.89. The number of nitrogen functional groups attached to an aromatic ring is 2. The van der Waals surface area contributed by atoms with Crippen molar-refractivity contribution in [1.29, 1.82) is 0 Å². The Balaban J connectivity index is 2.66. The predicted octanol–water partition coefficient (Wildman–Crippen LogP) is 3.54. The van der Waals surface area contributed by atoms with Crippen LogP contribution in [0.1, 0.15) is 5.56 Å². The molecule has 0 amide bonds. The molecule has 2 aromatic rings. The van der Waals surface area contributed by atoms with Gasteiger partial charge in [-0.15, -0.1) is 0 Å². The number of anilines is 2. The van der Waals surface area contributed by atoms with Crippen molar-refractivity contribution in [3.05, 3.63) is 48.0 Å². The SMILES string of the molecule is Nc1ccc(-c2c(N)cccc2C(F)(F)F)cc1. The fourth-order valence-electron chi connectivity index (χ4n) is 1.78. The molecular formula is C13H11F3N2. The first-order chi connectivity index (χ1) is 8.39. The van der Waals surface area contributed by atoms with Gasteiger partial charge in [0, 0.05) is 16.9 Å². The molecule has 0 aromatic heterocycles. The lowest BCUT2D eigenvalue weighted by molar-refractivity contribution is -0.137. The topological polar surface area (TPSA) is 52.0 Å². The van der Waals surface area contributed by atoms with E-state index in [2.05, 4.69) is 0 Å². The van der Waals surface area contributed by atoms with Crippen LogP contribution < -0.4 is 11.5 Å². The summed E-state index contributed by atoms with van der Waals surface area (Å²) in [5, 5.41) is 0. The van der Waals surface area contributed by atoms with E-state index in [1.807, 2.05) is 0 Å². The molecule has 0 radical (unpaired) electrons. The monoisotopic (exact) mass is 252 g/mol. The highest BCUT2D eigenvalue weighted by molar-refractivity contribution is 5.80. The summed E-state index contributed by atoms with van der Waals surface area (Å²) in [6.07, 6.45) is -4.44. The van der Waals surface area contributed by atoms with Crippen LogP contribution in [0.5, 0.6) is 0 Å². The van der Waals surface area contributed by atoms with Crippen molar-refractivity contribution in [2.75, 3.05) is 11.5 Å². The average Bonchev–Trinajstić information content (AvgIpc) is 2.29. The fraction of sp³-hybridized carbons (Fsp3) is 0.0769. The van der Waals surface area contributed by atoms with Crippen molar-refractivity contribution < 1.29 is 13.2 Å². The fourth-order valence-corrected chi connectivity index (χ4v) is 1.78. The van der Waals surface area contributed by atoms with Gasteiger partial charge in [-0.1, -0.05) is 18.2 Å². The van der Waals surface area contributed by atoms with Gasteiger partial charge in [0.1, 0.15) is 0 Å². The summed E-state index contributed by atoms with van der Waals surface area (Å²) in [4.78, 5) is 0. The molecule has 2 nitrogen and oxygen atoms in total. The Morgan fingerprint density at radius 1 is 0.833 bits per heavy atom. The minimum atomic E-state index is -4.44. The van der Waals surface area contributed by atoms with E-state index in [-0.39, 0.29) is 11.3 Å². The number of hydrogen-bond acceptors (Lipinski definition) is 2. The zero-order valence-electron chi connectivity index (χ0n) is 9.33. The number of alkyl halides is 3. The third kappa shape index (κ3) is 2.25. The first-order valence-corrected chi connectivity index (χ1v) is 5.21. The summed E-state index contributed by atoms with van der Waals surface area (Å²) >= 11 is 0. The molecule has 5 heteroatoms. The molecule has 0 bridgehead atoms. The maximum Gasteiger partial charge on any atom is 0.417 e. The normalized spacial score (nSPS) is 11.5. The first kappa shape index (κ1) is 12.3. The third-order valence-corrected chi connectivity index (χ3v) is 2.60. The van der Waals surface area contributed by atoms with E-state index in [9.17, 15) is 13.2 Å². The summed E-state index contributed by atoms with van der Waals surface area (Å²) in [5.74, 6) is 0. The van der Waals surface area contributed by atoms with Gasteiger partial charge in [0.05, 0.1) is 5.56 Å². The lowest BCUT2D eigenvalue weighted by atomic mass is 9.97.